The van der Waals surface area contributed by atoms with Crippen molar-refractivity contribution in [3.05, 3.63) is 281 Å². The summed E-state index contributed by atoms with van der Waals surface area (Å²) in [5, 5.41) is 39.8. The van der Waals surface area contributed by atoms with Gasteiger partial charge < -0.3 is 28.4 Å². The molecule has 2 atom stereocenters. The van der Waals surface area contributed by atoms with Gasteiger partial charge in [-0.1, -0.05) is 156 Å². The van der Waals surface area contributed by atoms with Gasteiger partial charge in [-0.2, -0.15) is 21.0 Å². The van der Waals surface area contributed by atoms with E-state index in [1.54, 1.807) is 158 Å². The molecule has 0 saturated carbocycles. The number of hydrogen-bond donors (Lipinski definition) is 0. The highest BCUT2D eigenvalue weighted by Gasteiger charge is 2.63. The first kappa shape index (κ1) is 64.2. The standard InChI is InChI=1S/C74H38F4N8O12S2/c75-51-25-45-47(27-53(51)77)61(87)59(57(45)43(29-79)30-80)83-71-85-65-63(99-71)49-21-42-24-56-50(22-41(42)23-55(49)97-73(65,67(89)93-33-37-13-5-1-6-14-37)68(90)94-34-38-15-7-2-8-16-38)64-66(86-72(100-64)84-60-58(44(31-81)32-82)46-26-52(76)54(78)28-48(46)62(60)88)74(98-56,69(91)95-35-39-17-9-3-10-18-39)70(92)96-36-40-19-11-4-12-20-40/h1-28,41-42H,33-36H2. The molecule has 0 N–H and O–H groups in total. The monoisotopic (exact) mass is 1370 g/mol. The quantitative estimate of drug-likeness (QED) is 0.0321. The van der Waals surface area contributed by atoms with Crippen LogP contribution in [0.2, 0.25) is 0 Å². The molecule has 0 amide bonds. The first-order chi connectivity index (χ1) is 48.5. The topological polar surface area (TPSA) is 303 Å². The summed E-state index contributed by atoms with van der Waals surface area (Å²) in [5.74, 6) is -15.4. The van der Waals surface area contributed by atoms with Gasteiger partial charge in [-0.05, 0) is 58.7 Å². The highest BCUT2D eigenvalue weighted by atomic mass is 32.1. The normalized spacial score (nSPS) is 17.5. The smallest absolute Gasteiger partial charge is 0.369 e. The number of nitriles is 4. The third-order valence-electron chi connectivity index (χ3n) is 16.7. The molecule has 4 aliphatic carbocycles. The summed E-state index contributed by atoms with van der Waals surface area (Å²) in [7, 11) is 0. The fraction of sp³-hybridized carbons (Fsp3) is 0.108. The van der Waals surface area contributed by atoms with Crippen LogP contribution < -0.4 is 0 Å². The molecule has 0 radical (unpaired) electrons. The lowest BCUT2D eigenvalue weighted by Gasteiger charge is -2.40. The van der Waals surface area contributed by atoms with Crippen molar-refractivity contribution in [2.75, 3.05) is 0 Å². The van der Waals surface area contributed by atoms with Crippen molar-refractivity contribution in [2.45, 2.75) is 37.6 Å². The molecule has 100 heavy (non-hydrogen) atoms. The Balaban J connectivity index is 0.960. The molecule has 14 rings (SSSR count). The number of hydrogen-bond acceptors (Lipinski definition) is 22. The number of aromatic nitrogens is 2. The van der Waals surface area contributed by atoms with Crippen LogP contribution in [0.3, 0.4) is 0 Å². The highest BCUT2D eigenvalue weighted by Crippen LogP contribution is 2.57. The number of ketones is 2. The SMILES string of the molecule is N#CC(C#N)=C1C(=Nc2nc3c(s2)C2=CC4C=C5OC(C(=O)OCc6ccccc6)(C(=O)OCc6ccccc6)c6nc(N=C7C(=O)c8cc(F)c(F)cc8C7=C(C#N)C#N)sc6C5=CC4C=C2OC3(C(=O)OCc2ccccc2)C(=O)OCc2ccccc2)C(=O)c2cc(F)c(F)cc21. The number of benzene rings is 6. The van der Waals surface area contributed by atoms with E-state index in [9.17, 15) is 39.4 Å². The lowest BCUT2D eigenvalue weighted by Crippen LogP contribution is -2.51. The molecule has 2 aliphatic heterocycles. The summed E-state index contributed by atoms with van der Waals surface area (Å²) in [5.41, 5.74) is -10.2. The molecule has 0 saturated heterocycles. The van der Waals surface area contributed by atoms with Gasteiger partial charge in [0, 0.05) is 56.4 Å². The maximum Gasteiger partial charge on any atom is 0.369 e. The molecule has 4 heterocycles. The minimum absolute atomic E-state index is 0.0389. The summed E-state index contributed by atoms with van der Waals surface area (Å²) in [6.45, 7) is -1.74. The number of fused-ring (bicyclic) bond motifs is 9. The van der Waals surface area contributed by atoms with Gasteiger partial charge in [-0.15, -0.1) is 0 Å². The second-order valence-electron chi connectivity index (χ2n) is 22.7. The first-order valence-corrected chi connectivity index (χ1v) is 31.6. The van der Waals surface area contributed by atoms with Crippen molar-refractivity contribution in [1.82, 2.24) is 9.97 Å². The van der Waals surface area contributed by atoms with Crippen molar-refractivity contribution in [2.24, 2.45) is 21.8 Å². The molecule has 0 fully saturated rings. The van der Waals surface area contributed by atoms with Crippen molar-refractivity contribution in [3.63, 3.8) is 0 Å². The van der Waals surface area contributed by atoms with Gasteiger partial charge in [0.05, 0.1) is 9.75 Å². The van der Waals surface area contributed by atoms with Crippen LogP contribution in [-0.2, 0) is 85.2 Å². The van der Waals surface area contributed by atoms with Crippen LogP contribution >= 0.6 is 22.7 Å². The number of rotatable bonds is 14. The van der Waals surface area contributed by atoms with E-state index in [0.717, 1.165) is 0 Å². The second-order valence-corrected chi connectivity index (χ2v) is 24.6. The molecule has 0 spiro atoms. The Hall–Kier alpha value is -13.1. The van der Waals surface area contributed by atoms with Gasteiger partial charge in [-0.3, -0.25) is 9.59 Å². The number of allylic oxidation sites excluding steroid dienone is 10. The van der Waals surface area contributed by atoms with E-state index in [0.29, 0.717) is 69.2 Å². The number of thiazole rings is 2. The van der Waals surface area contributed by atoms with Gasteiger partial charge in [0.15, 0.2) is 23.3 Å². The van der Waals surface area contributed by atoms with E-state index in [-0.39, 0.29) is 43.5 Å². The minimum Gasteiger partial charge on any atom is -0.458 e. The van der Waals surface area contributed by atoms with Gasteiger partial charge in [0.2, 0.25) is 21.8 Å². The first-order valence-electron chi connectivity index (χ1n) is 30.0. The summed E-state index contributed by atoms with van der Waals surface area (Å²) >= 11 is 1.35. The highest BCUT2D eigenvalue weighted by molar-refractivity contribution is 7.17. The van der Waals surface area contributed by atoms with E-state index in [2.05, 4.69) is 9.98 Å². The maximum absolute atomic E-state index is 15.4. The Morgan fingerprint density at radius 2 is 0.740 bits per heavy atom. The molecule has 26 heteroatoms. The zero-order chi connectivity index (χ0) is 69.7. The molecule has 6 aliphatic rings. The number of carbonyl (C=O) groups is 6. The molecule has 8 aromatic rings. The van der Waals surface area contributed by atoms with Gasteiger partial charge >= 0.3 is 35.1 Å². The maximum atomic E-state index is 15.4. The molecule has 0 bridgehead atoms. The van der Waals surface area contributed by atoms with Crippen molar-refractivity contribution >= 4 is 102 Å². The average Bonchev–Trinajstić information content (AvgIpc) is 1.30. The molecular formula is C74H38F4N8O12S2. The Kier molecular flexibility index (Phi) is 16.6. The molecule has 2 aromatic heterocycles. The van der Waals surface area contributed by atoms with E-state index < -0.39 is 175 Å². The Bertz CT molecular complexity index is 4920. The molecule has 6 aromatic carbocycles. The summed E-state index contributed by atoms with van der Waals surface area (Å²) < 4.78 is 97.2. The average molecular weight is 1370 g/mol. The third kappa shape index (κ3) is 11.0. The summed E-state index contributed by atoms with van der Waals surface area (Å²) in [6.07, 6.45) is 6.26. The third-order valence-corrected chi connectivity index (χ3v) is 18.7. The number of carbonyl (C=O) groups excluding carboxylic acids is 6. The van der Waals surface area contributed by atoms with E-state index in [1.807, 2.05) is 0 Å². The number of Topliss-reactive ketones (excluding diaryl/α,β-unsaturated/α-hetero) is 2. The van der Waals surface area contributed by atoms with Crippen LogP contribution in [0.15, 0.2) is 203 Å². The molecule has 2 unspecified atom stereocenters. The Morgan fingerprint density at radius 3 is 1.03 bits per heavy atom. The van der Waals surface area contributed by atoms with Crippen molar-refractivity contribution in [1.29, 1.82) is 21.0 Å². The van der Waals surface area contributed by atoms with Crippen LogP contribution in [0.4, 0.5) is 27.8 Å². The molecule has 20 nitrogen and oxygen atoms in total. The second kappa shape index (κ2) is 25.8. The zero-order valence-electron chi connectivity index (χ0n) is 51.0. The van der Waals surface area contributed by atoms with Crippen molar-refractivity contribution < 1.29 is 74.8 Å². The lowest BCUT2D eigenvalue weighted by molar-refractivity contribution is -0.191. The number of esters is 4. The summed E-state index contributed by atoms with van der Waals surface area (Å²) in [4.78, 5) is 109. The zero-order valence-corrected chi connectivity index (χ0v) is 52.6. The van der Waals surface area contributed by atoms with Crippen LogP contribution in [0.1, 0.15) is 75.2 Å². The predicted octanol–water partition coefficient (Wildman–Crippen LogP) is 12.6. The number of halogens is 4. The van der Waals surface area contributed by atoms with E-state index in [4.69, 9.17) is 38.4 Å². The van der Waals surface area contributed by atoms with E-state index >= 15 is 28.0 Å². The Morgan fingerprint density at radius 1 is 0.450 bits per heavy atom. The molecule has 486 valence electrons. The lowest BCUT2D eigenvalue weighted by atomic mass is 9.76. The number of aliphatic imine (C=N–C) groups is 2. The fourth-order valence-electron chi connectivity index (χ4n) is 12.0. The predicted molar refractivity (Wildman–Crippen MR) is 346 cm³/mol. The largest absolute Gasteiger partial charge is 0.458 e. The summed E-state index contributed by atoms with van der Waals surface area (Å²) in [6, 6.07) is 42.7. The van der Waals surface area contributed by atoms with E-state index in [1.165, 1.54) is 12.2 Å². The van der Waals surface area contributed by atoms with Crippen molar-refractivity contribution in [3.8, 4) is 24.3 Å². The molecular weight excluding hydrogens is 1330 g/mol. The van der Waals surface area contributed by atoms with Crippen LogP contribution in [0, 0.1) is 80.4 Å². The van der Waals surface area contributed by atoms with Gasteiger partial charge in [0.25, 0.3) is 0 Å². The Labute approximate surface area is 570 Å². The van der Waals surface area contributed by atoms with Gasteiger partial charge in [-0.25, -0.2) is 56.7 Å². The van der Waals surface area contributed by atoms with Gasteiger partial charge in [0.1, 0.15) is 96.2 Å². The fourth-order valence-corrected chi connectivity index (χ4v) is 14.0. The van der Waals surface area contributed by atoms with Crippen LogP contribution in [0.5, 0.6) is 0 Å². The minimum atomic E-state index is -3.00. The van der Waals surface area contributed by atoms with Crippen LogP contribution in [0.25, 0.3) is 22.3 Å². The van der Waals surface area contributed by atoms with Crippen LogP contribution in [-0.4, -0.2) is 56.8 Å². The number of ether oxygens (including phenoxy) is 6. The number of nitrogens with zero attached hydrogens (tertiary/aromatic N) is 8.